The fourth-order valence-corrected chi connectivity index (χ4v) is 4.07. The molecule has 2 aromatic heterocycles. The lowest BCUT2D eigenvalue weighted by Gasteiger charge is -2.22. The Morgan fingerprint density at radius 3 is 2.52 bits per heavy atom. The molecule has 2 heterocycles. The standard InChI is InChI=1S/C20H25F2N5O2/c1-10(14-7-13(21)8-24-20(14)29-2)27-18(22)15(9-25-27)26-19(28)17(23)16(11-3-4-11)12-5-6-12/h7-12,16-17H,3-6,23H2,1-2H3,(H,26,28). The molecule has 0 spiro atoms. The number of hydrogen-bond donors (Lipinski definition) is 2. The summed E-state index contributed by atoms with van der Waals surface area (Å²) in [6, 6.07) is -0.136. The zero-order chi connectivity index (χ0) is 20.7. The Labute approximate surface area is 167 Å². The topological polar surface area (TPSA) is 95.1 Å². The molecule has 156 valence electrons. The van der Waals surface area contributed by atoms with Crippen LogP contribution in [-0.4, -0.2) is 33.8 Å². The smallest absolute Gasteiger partial charge is 0.241 e. The Kier molecular flexibility index (Phi) is 5.24. The maximum Gasteiger partial charge on any atom is 0.241 e. The van der Waals surface area contributed by atoms with E-state index < -0.39 is 29.8 Å². The van der Waals surface area contributed by atoms with Crippen molar-refractivity contribution in [1.82, 2.24) is 14.8 Å². The van der Waals surface area contributed by atoms with Gasteiger partial charge in [-0.3, -0.25) is 4.79 Å². The van der Waals surface area contributed by atoms with Crippen molar-refractivity contribution in [1.29, 1.82) is 0 Å². The number of methoxy groups -OCH3 is 1. The first-order chi connectivity index (χ1) is 13.9. The molecule has 2 atom stereocenters. The summed E-state index contributed by atoms with van der Waals surface area (Å²) >= 11 is 0. The summed E-state index contributed by atoms with van der Waals surface area (Å²) in [5, 5.41) is 6.61. The number of anilines is 1. The van der Waals surface area contributed by atoms with Crippen molar-refractivity contribution in [2.75, 3.05) is 12.4 Å². The van der Waals surface area contributed by atoms with Crippen molar-refractivity contribution in [2.45, 2.75) is 44.7 Å². The third-order valence-corrected chi connectivity index (χ3v) is 5.90. The number of nitrogens with two attached hydrogens (primary N) is 1. The Morgan fingerprint density at radius 2 is 1.93 bits per heavy atom. The minimum Gasteiger partial charge on any atom is -0.481 e. The molecule has 2 saturated carbocycles. The van der Waals surface area contributed by atoms with Crippen molar-refractivity contribution in [3.05, 3.63) is 35.8 Å². The van der Waals surface area contributed by atoms with Crippen LogP contribution in [-0.2, 0) is 4.79 Å². The quantitative estimate of drug-likeness (QED) is 0.704. The molecule has 0 aliphatic heterocycles. The predicted octanol–water partition coefficient (Wildman–Crippen LogP) is 2.88. The number of nitrogens with one attached hydrogen (secondary N) is 1. The summed E-state index contributed by atoms with van der Waals surface area (Å²) in [4.78, 5) is 16.5. The normalized spacial score (nSPS) is 18.6. The Bertz CT molecular complexity index is 898. The van der Waals surface area contributed by atoms with Crippen LogP contribution in [0.25, 0.3) is 0 Å². The fraction of sp³-hybridized carbons (Fsp3) is 0.550. The second-order valence-electron chi connectivity index (χ2n) is 7.99. The lowest BCUT2D eigenvalue weighted by molar-refractivity contribution is -0.118. The van der Waals surface area contributed by atoms with E-state index in [1.807, 2.05) is 0 Å². The predicted molar refractivity (Wildman–Crippen MR) is 102 cm³/mol. The molecule has 0 radical (unpaired) electrons. The van der Waals surface area contributed by atoms with Gasteiger partial charge in [-0.2, -0.15) is 9.49 Å². The van der Waals surface area contributed by atoms with Crippen LogP contribution in [0.15, 0.2) is 18.5 Å². The highest BCUT2D eigenvalue weighted by atomic mass is 19.1. The molecule has 3 N–H and O–H groups in total. The summed E-state index contributed by atoms with van der Waals surface area (Å²) in [6.45, 7) is 1.64. The summed E-state index contributed by atoms with van der Waals surface area (Å²) in [5.41, 5.74) is 6.51. The maximum absolute atomic E-state index is 15.0. The molecule has 4 rings (SSSR count). The first-order valence-corrected chi connectivity index (χ1v) is 9.89. The lowest BCUT2D eigenvalue weighted by Crippen LogP contribution is -2.43. The van der Waals surface area contributed by atoms with Crippen LogP contribution in [0.4, 0.5) is 14.5 Å². The fourth-order valence-electron chi connectivity index (χ4n) is 4.07. The van der Waals surface area contributed by atoms with Crippen LogP contribution in [0.5, 0.6) is 5.88 Å². The molecule has 29 heavy (non-hydrogen) atoms. The van der Waals surface area contributed by atoms with Crippen LogP contribution in [0, 0.1) is 29.5 Å². The van der Waals surface area contributed by atoms with Crippen LogP contribution in [0.1, 0.15) is 44.2 Å². The van der Waals surface area contributed by atoms with E-state index in [2.05, 4.69) is 15.4 Å². The van der Waals surface area contributed by atoms with Gasteiger partial charge in [-0.1, -0.05) is 0 Å². The Hall–Kier alpha value is -2.55. The highest BCUT2D eigenvalue weighted by Crippen LogP contribution is 2.50. The van der Waals surface area contributed by atoms with Crippen LogP contribution >= 0.6 is 0 Å². The van der Waals surface area contributed by atoms with Gasteiger partial charge in [0.2, 0.25) is 17.7 Å². The van der Waals surface area contributed by atoms with E-state index in [9.17, 15) is 13.6 Å². The largest absolute Gasteiger partial charge is 0.481 e. The Balaban J connectivity index is 1.51. The molecule has 7 nitrogen and oxygen atoms in total. The number of aromatic nitrogens is 3. The van der Waals surface area contributed by atoms with E-state index in [0.29, 0.717) is 17.4 Å². The van der Waals surface area contributed by atoms with Gasteiger partial charge in [0.15, 0.2) is 0 Å². The van der Waals surface area contributed by atoms with E-state index in [-0.39, 0.29) is 17.5 Å². The molecule has 2 aliphatic rings. The second-order valence-corrected chi connectivity index (χ2v) is 7.99. The molecule has 1 amide bonds. The highest BCUT2D eigenvalue weighted by Gasteiger charge is 2.46. The SMILES string of the molecule is COc1ncc(F)cc1C(C)n1ncc(NC(=O)C(N)C(C2CC2)C2CC2)c1F. The van der Waals surface area contributed by atoms with Gasteiger partial charge in [-0.25, -0.2) is 14.1 Å². The zero-order valence-electron chi connectivity index (χ0n) is 16.4. The number of carbonyl (C=O) groups is 1. The van der Waals surface area contributed by atoms with Gasteiger partial charge in [0.25, 0.3) is 0 Å². The molecular weight excluding hydrogens is 380 g/mol. The van der Waals surface area contributed by atoms with Crippen molar-refractivity contribution < 1.29 is 18.3 Å². The van der Waals surface area contributed by atoms with E-state index in [1.54, 1.807) is 6.92 Å². The maximum atomic E-state index is 15.0. The number of halogens is 2. The molecule has 2 unspecified atom stereocenters. The molecule has 0 saturated heterocycles. The molecule has 2 fully saturated rings. The third-order valence-electron chi connectivity index (χ3n) is 5.90. The average Bonchev–Trinajstić information content (AvgIpc) is 3.63. The average molecular weight is 405 g/mol. The van der Waals surface area contributed by atoms with E-state index in [1.165, 1.54) is 19.4 Å². The van der Waals surface area contributed by atoms with Crippen molar-refractivity contribution in [3.63, 3.8) is 0 Å². The zero-order valence-corrected chi connectivity index (χ0v) is 16.4. The monoisotopic (exact) mass is 405 g/mol. The van der Waals surface area contributed by atoms with E-state index in [4.69, 9.17) is 10.5 Å². The number of carbonyl (C=O) groups excluding carboxylic acids is 1. The van der Waals surface area contributed by atoms with Gasteiger partial charge in [0.05, 0.1) is 31.6 Å². The van der Waals surface area contributed by atoms with Gasteiger partial charge >= 0.3 is 0 Å². The van der Waals surface area contributed by atoms with Crippen LogP contribution in [0.3, 0.4) is 0 Å². The van der Waals surface area contributed by atoms with Crippen molar-refractivity contribution >= 4 is 11.6 Å². The molecule has 0 aromatic carbocycles. The number of amides is 1. The first-order valence-electron chi connectivity index (χ1n) is 9.89. The molecular formula is C20H25F2N5O2. The van der Waals surface area contributed by atoms with Gasteiger partial charge in [0, 0.05) is 5.56 Å². The molecule has 0 bridgehead atoms. The van der Waals surface area contributed by atoms with E-state index in [0.717, 1.165) is 36.6 Å². The van der Waals surface area contributed by atoms with Crippen LogP contribution < -0.4 is 15.8 Å². The summed E-state index contributed by atoms with van der Waals surface area (Å²) in [5.74, 6) is -0.352. The Morgan fingerprint density at radius 1 is 1.28 bits per heavy atom. The number of rotatable bonds is 8. The summed E-state index contributed by atoms with van der Waals surface area (Å²) in [7, 11) is 1.40. The minimum atomic E-state index is -0.737. The van der Waals surface area contributed by atoms with Crippen molar-refractivity contribution in [2.24, 2.45) is 23.5 Å². The third kappa shape index (κ3) is 3.96. The van der Waals surface area contributed by atoms with Gasteiger partial charge in [-0.15, -0.1) is 0 Å². The van der Waals surface area contributed by atoms with Gasteiger partial charge in [0.1, 0.15) is 11.5 Å². The molecule has 9 heteroatoms. The van der Waals surface area contributed by atoms with Crippen molar-refractivity contribution in [3.8, 4) is 5.88 Å². The minimum absolute atomic E-state index is 0.0500. The molecule has 2 aromatic rings. The van der Waals surface area contributed by atoms with Gasteiger partial charge < -0.3 is 15.8 Å². The summed E-state index contributed by atoms with van der Waals surface area (Å²) < 4.78 is 34.8. The van der Waals surface area contributed by atoms with Gasteiger partial charge in [-0.05, 0) is 56.4 Å². The number of hydrogen-bond acceptors (Lipinski definition) is 5. The molecule has 2 aliphatic carbocycles. The highest BCUT2D eigenvalue weighted by molar-refractivity contribution is 5.94. The summed E-state index contributed by atoms with van der Waals surface area (Å²) in [6.07, 6.45) is 6.69. The van der Waals surface area contributed by atoms with Crippen LogP contribution in [0.2, 0.25) is 0 Å². The first kappa shape index (κ1) is 19.8. The lowest BCUT2D eigenvalue weighted by atomic mass is 9.89. The second kappa shape index (κ2) is 7.70. The number of ether oxygens (including phenoxy) is 1. The van der Waals surface area contributed by atoms with E-state index >= 15 is 0 Å². The number of nitrogens with zero attached hydrogens (tertiary/aromatic N) is 3. The number of pyridine rings is 1.